The second-order valence-electron chi connectivity index (χ2n) is 4.07. The number of halogens is 1. The Morgan fingerprint density at radius 1 is 1.27 bits per heavy atom. The van der Waals surface area contributed by atoms with Gasteiger partial charge in [-0.3, -0.25) is 4.79 Å². The van der Waals surface area contributed by atoms with Gasteiger partial charge in [-0.05, 0) is 36.1 Å². The Kier molecular flexibility index (Phi) is 1.71. The summed E-state index contributed by atoms with van der Waals surface area (Å²) >= 11 is 5.63. The van der Waals surface area contributed by atoms with Crippen LogP contribution in [0, 0.1) is 0 Å². The highest BCUT2D eigenvalue weighted by Crippen LogP contribution is 2.50. The Balaban J connectivity index is 2.15. The topological polar surface area (TPSA) is 30.2 Å². The van der Waals surface area contributed by atoms with Gasteiger partial charge in [0.25, 0.3) is 0 Å². The molecule has 0 spiro atoms. The fourth-order valence-corrected chi connectivity index (χ4v) is 2.28. The number of carbonyl (C=O) groups is 1. The number of carbonyl (C=O) groups excluding carboxylic acids is 1. The molecule has 0 amide bonds. The van der Waals surface area contributed by atoms with Crippen molar-refractivity contribution in [2.45, 2.75) is 18.3 Å². The van der Waals surface area contributed by atoms with Crippen LogP contribution in [0.1, 0.15) is 18.4 Å². The molecular weight excluding hydrogens is 212 g/mol. The van der Waals surface area contributed by atoms with Crippen molar-refractivity contribution in [2.75, 3.05) is 0 Å². The normalized spacial score (nSPS) is 17.9. The molecule has 0 unspecified atom stereocenters. The lowest BCUT2D eigenvalue weighted by Crippen LogP contribution is -2.14. The Labute approximate surface area is 91.8 Å². The average Bonchev–Trinajstić information content (AvgIpc) is 2.91. The molecule has 15 heavy (non-hydrogen) atoms. The van der Waals surface area contributed by atoms with E-state index in [9.17, 15) is 4.79 Å². The molecule has 0 atom stereocenters. The van der Waals surface area contributed by atoms with E-state index >= 15 is 0 Å². The van der Waals surface area contributed by atoms with Crippen molar-refractivity contribution in [3.05, 3.63) is 36.3 Å². The zero-order chi connectivity index (χ0) is 10.5. The maximum Gasteiger partial charge on any atom is 0.232 e. The van der Waals surface area contributed by atoms with E-state index in [1.54, 1.807) is 12.5 Å². The van der Waals surface area contributed by atoms with Gasteiger partial charge in [0.1, 0.15) is 0 Å². The van der Waals surface area contributed by atoms with Gasteiger partial charge in [-0.25, -0.2) is 0 Å². The van der Waals surface area contributed by atoms with Crippen LogP contribution >= 0.6 is 11.6 Å². The standard InChI is InChI=1S/C12H9ClO2/c13-11(14)12(3-4-12)10-2-1-8-6-15-7-9(8)5-10/h1-2,5-7H,3-4H2. The van der Waals surface area contributed by atoms with Crippen molar-refractivity contribution in [3.8, 4) is 0 Å². The molecule has 0 radical (unpaired) electrons. The monoisotopic (exact) mass is 220 g/mol. The first-order chi connectivity index (χ1) is 7.22. The van der Waals surface area contributed by atoms with Gasteiger partial charge >= 0.3 is 0 Å². The minimum atomic E-state index is -0.410. The highest BCUT2D eigenvalue weighted by atomic mass is 35.5. The predicted octanol–water partition coefficient (Wildman–Crippen LogP) is 3.23. The van der Waals surface area contributed by atoms with Gasteiger partial charge in [0.2, 0.25) is 5.24 Å². The largest absolute Gasteiger partial charge is 0.471 e. The van der Waals surface area contributed by atoms with E-state index < -0.39 is 5.41 Å². The second-order valence-corrected chi connectivity index (χ2v) is 4.41. The fraction of sp³-hybridized carbons (Fsp3) is 0.250. The van der Waals surface area contributed by atoms with Crippen LogP contribution in [0.3, 0.4) is 0 Å². The van der Waals surface area contributed by atoms with Crippen LogP contribution < -0.4 is 0 Å². The molecule has 1 heterocycles. The zero-order valence-corrected chi connectivity index (χ0v) is 8.75. The highest BCUT2D eigenvalue weighted by Gasteiger charge is 2.50. The van der Waals surface area contributed by atoms with Gasteiger partial charge in [-0.2, -0.15) is 0 Å². The molecule has 3 heteroatoms. The SMILES string of the molecule is O=C(Cl)C1(c2ccc3cocc3c2)CC1. The van der Waals surface area contributed by atoms with E-state index in [1.807, 2.05) is 18.2 Å². The first kappa shape index (κ1) is 8.98. The van der Waals surface area contributed by atoms with Crippen molar-refractivity contribution in [2.24, 2.45) is 0 Å². The van der Waals surface area contributed by atoms with E-state index in [-0.39, 0.29) is 5.24 Å². The van der Waals surface area contributed by atoms with Crippen LogP contribution in [0.5, 0.6) is 0 Å². The summed E-state index contributed by atoms with van der Waals surface area (Å²) in [5, 5.41) is 1.83. The lowest BCUT2D eigenvalue weighted by atomic mass is 9.96. The number of furan rings is 1. The van der Waals surface area contributed by atoms with E-state index in [4.69, 9.17) is 16.0 Å². The van der Waals surface area contributed by atoms with Gasteiger partial charge in [-0.15, -0.1) is 0 Å². The minimum Gasteiger partial charge on any atom is -0.471 e. The number of benzene rings is 1. The molecule has 1 aromatic heterocycles. The molecule has 76 valence electrons. The number of hydrogen-bond acceptors (Lipinski definition) is 2. The predicted molar refractivity (Wildman–Crippen MR) is 58.0 cm³/mol. The highest BCUT2D eigenvalue weighted by molar-refractivity contribution is 6.66. The van der Waals surface area contributed by atoms with Crippen LogP contribution in [0.15, 0.2) is 35.1 Å². The quantitative estimate of drug-likeness (QED) is 0.728. The van der Waals surface area contributed by atoms with Crippen molar-refractivity contribution in [3.63, 3.8) is 0 Å². The van der Waals surface area contributed by atoms with Crippen LogP contribution in [-0.4, -0.2) is 5.24 Å². The fourth-order valence-electron chi connectivity index (χ4n) is 1.99. The summed E-state index contributed by atoms with van der Waals surface area (Å²) < 4.78 is 5.10. The maximum absolute atomic E-state index is 11.3. The Bertz CT molecular complexity index is 537. The average molecular weight is 221 g/mol. The number of fused-ring (bicyclic) bond motifs is 1. The molecule has 2 aromatic rings. The van der Waals surface area contributed by atoms with Crippen LogP contribution in [0.4, 0.5) is 0 Å². The van der Waals surface area contributed by atoms with Gasteiger partial charge in [-0.1, -0.05) is 12.1 Å². The molecule has 2 nitrogen and oxygen atoms in total. The lowest BCUT2D eigenvalue weighted by molar-refractivity contribution is -0.113. The molecule has 1 aliphatic rings. The van der Waals surface area contributed by atoms with Gasteiger partial charge in [0.05, 0.1) is 17.9 Å². The van der Waals surface area contributed by atoms with E-state index in [0.717, 1.165) is 29.2 Å². The molecule has 3 rings (SSSR count). The first-order valence-electron chi connectivity index (χ1n) is 4.89. The second kappa shape index (κ2) is 2.86. The Hall–Kier alpha value is -1.28. The Morgan fingerprint density at radius 2 is 2.00 bits per heavy atom. The van der Waals surface area contributed by atoms with Crippen molar-refractivity contribution in [1.82, 2.24) is 0 Å². The summed E-state index contributed by atoms with van der Waals surface area (Å²) in [4.78, 5) is 11.3. The zero-order valence-electron chi connectivity index (χ0n) is 8.00. The van der Waals surface area contributed by atoms with Gasteiger partial charge in [0, 0.05) is 10.8 Å². The first-order valence-corrected chi connectivity index (χ1v) is 5.26. The van der Waals surface area contributed by atoms with Crippen LogP contribution in [0.25, 0.3) is 10.8 Å². The molecule has 1 aliphatic carbocycles. The third-order valence-electron chi connectivity index (χ3n) is 3.16. The maximum atomic E-state index is 11.3. The number of rotatable bonds is 2. The molecule has 0 N–H and O–H groups in total. The number of hydrogen-bond donors (Lipinski definition) is 0. The summed E-state index contributed by atoms with van der Waals surface area (Å²) in [6, 6.07) is 5.92. The lowest BCUT2D eigenvalue weighted by Gasteiger charge is -2.09. The molecule has 0 saturated heterocycles. The smallest absolute Gasteiger partial charge is 0.232 e. The molecule has 1 aromatic carbocycles. The van der Waals surface area contributed by atoms with E-state index in [1.165, 1.54) is 0 Å². The molecule has 0 bridgehead atoms. The summed E-state index contributed by atoms with van der Waals surface area (Å²) in [6.07, 6.45) is 5.10. The summed E-state index contributed by atoms with van der Waals surface area (Å²) in [5.74, 6) is 0. The molecule has 1 saturated carbocycles. The minimum absolute atomic E-state index is 0.245. The third kappa shape index (κ3) is 1.21. The summed E-state index contributed by atoms with van der Waals surface area (Å²) in [6.45, 7) is 0. The van der Waals surface area contributed by atoms with E-state index in [2.05, 4.69) is 0 Å². The summed E-state index contributed by atoms with van der Waals surface area (Å²) in [7, 11) is 0. The van der Waals surface area contributed by atoms with Crippen molar-refractivity contribution >= 4 is 27.6 Å². The molecular formula is C12H9ClO2. The van der Waals surface area contributed by atoms with Crippen LogP contribution in [0.2, 0.25) is 0 Å². The molecule has 1 fully saturated rings. The Morgan fingerprint density at radius 3 is 2.67 bits per heavy atom. The van der Waals surface area contributed by atoms with Gasteiger partial charge < -0.3 is 4.42 Å². The third-order valence-corrected chi connectivity index (χ3v) is 3.52. The van der Waals surface area contributed by atoms with Crippen molar-refractivity contribution in [1.29, 1.82) is 0 Å². The van der Waals surface area contributed by atoms with E-state index in [0.29, 0.717) is 0 Å². The summed E-state index contributed by atoms with van der Waals surface area (Å²) in [5.41, 5.74) is 0.601. The van der Waals surface area contributed by atoms with Crippen LogP contribution in [-0.2, 0) is 10.2 Å². The van der Waals surface area contributed by atoms with Gasteiger partial charge in [0.15, 0.2) is 0 Å². The van der Waals surface area contributed by atoms with Crippen molar-refractivity contribution < 1.29 is 9.21 Å². The molecule has 0 aliphatic heterocycles.